The molecule has 0 spiro atoms. The van der Waals surface area contributed by atoms with E-state index in [-0.39, 0.29) is 11.9 Å². The normalized spacial score (nSPS) is 17.4. The number of hydrogen-bond acceptors (Lipinski definition) is 5. The third kappa shape index (κ3) is 5.12. The molecule has 8 heteroatoms. The van der Waals surface area contributed by atoms with Crippen LogP contribution in [0.15, 0.2) is 53.3 Å². The number of rotatable bonds is 6. The predicted octanol–water partition coefficient (Wildman–Crippen LogP) is 3.62. The quantitative estimate of drug-likeness (QED) is 0.580. The molecular formula is C23H27BrN6O. The second-order valence-corrected chi connectivity index (χ2v) is 9.09. The topological polar surface area (TPSA) is 75.9 Å². The summed E-state index contributed by atoms with van der Waals surface area (Å²) in [6, 6.07) is 13.9. The maximum atomic E-state index is 13.3. The van der Waals surface area contributed by atoms with Gasteiger partial charge in [-0.25, -0.2) is 4.68 Å². The monoisotopic (exact) mass is 482 g/mol. The van der Waals surface area contributed by atoms with Crippen LogP contribution in [-0.4, -0.2) is 45.2 Å². The van der Waals surface area contributed by atoms with Gasteiger partial charge >= 0.3 is 0 Å². The second kappa shape index (κ2) is 9.60. The summed E-state index contributed by atoms with van der Waals surface area (Å²) in [6.45, 7) is 6.07. The number of halogens is 1. The fourth-order valence-electron chi connectivity index (χ4n) is 4.45. The number of aromatic nitrogens is 4. The van der Waals surface area contributed by atoms with E-state index in [2.05, 4.69) is 67.7 Å². The van der Waals surface area contributed by atoms with Crippen molar-refractivity contribution < 1.29 is 4.79 Å². The lowest BCUT2D eigenvalue weighted by Crippen LogP contribution is -2.50. The highest BCUT2D eigenvalue weighted by Crippen LogP contribution is 2.30. The number of tetrazole rings is 1. The number of carbonyl (C=O) groups excluding carboxylic acids is 1. The Morgan fingerprint density at radius 1 is 1.23 bits per heavy atom. The third-order valence-electron chi connectivity index (χ3n) is 5.80. The van der Waals surface area contributed by atoms with Crippen LogP contribution in [0.4, 0.5) is 5.69 Å². The van der Waals surface area contributed by atoms with Gasteiger partial charge in [0.15, 0.2) is 0 Å². The fourth-order valence-corrected chi connectivity index (χ4v) is 5.14. The first kappa shape index (κ1) is 21.5. The zero-order valence-electron chi connectivity index (χ0n) is 17.8. The molecule has 1 amide bonds. The van der Waals surface area contributed by atoms with Crippen molar-refractivity contribution in [2.45, 2.75) is 45.2 Å². The lowest BCUT2D eigenvalue weighted by Gasteiger charge is -2.37. The zero-order chi connectivity index (χ0) is 21.8. The Morgan fingerprint density at radius 3 is 2.65 bits per heavy atom. The first-order valence-electron chi connectivity index (χ1n) is 10.6. The Labute approximate surface area is 191 Å². The van der Waals surface area contributed by atoms with Crippen molar-refractivity contribution in [2.24, 2.45) is 0 Å². The van der Waals surface area contributed by atoms with E-state index in [0.29, 0.717) is 6.42 Å². The van der Waals surface area contributed by atoms with Crippen molar-refractivity contribution in [3.05, 3.63) is 70.0 Å². The maximum absolute atomic E-state index is 13.3. The number of nitrogens with one attached hydrogen (secondary N) is 1. The number of amides is 1. The number of benzene rings is 2. The Morgan fingerprint density at radius 2 is 1.97 bits per heavy atom. The summed E-state index contributed by atoms with van der Waals surface area (Å²) in [4.78, 5) is 15.7. The molecule has 2 aromatic carbocycles. The molecule has 0 radical (unpaired) electrons. The highest BCUT2D eigenvalue weighted by molar-refractivity contribution is 9.10. The lowest BCUT2D eigenvalue weighted by atomic mass is 10.00. The Kier molecular flexibility index (Phi) is 6.65. The molecule has 31 heavy (non-hydrogen) atoms. The minimum atomic E-state index is -0.482. The minimum Gasteiger partial charge on any atom is -0.369 e. The van der Waals surface area contributed by atoms with Crippen molar-refractivity contribution in [2.75, 3.05) is 18.0 Å². The van der Waals surface area contributed by atoms with Crippen LogP contribution in [0.5, 0.6) is 0 Å². The SMILES string of the molecule is Cc1cc(Br)cc(C)c1N1CCCC(NC(=O)C(Cc2ccccc2)n2cnnn2)C1. The van der Waals surface area contributed by atoms with Crippen LogP contribution < -0.4 is 10.2 Å². The minimum absolute atomic E-state index is 0.0488. The lowest BCUT2D eigenvalue weighted by molar-refractivity contribution is -0.125. The van der Waals surface area contributed by atoms with Crippen LogP contribution in [0.2, 0.25) is 0 Å². The summed E-state index contributed by atoms with van der Waals surface area (Å²) in [5.41, 5.74) is 4.83. The predicted molar refractivity (Wildman–Crippen MR) is 124 cm³/mol. The average molecular weight is 483 g/mol. The molecule has 1 fully saturated rings. The van der Waals surface area contributed by atoms with Crippen LogP contribution >= 0.6 is 15.9 Å². The van der Waals surface area contributed by atoms with Gasteiger partial charge in [0.1, 0.15) is 12.4 Å². The average Bonchev–Trinajstić information content (AvgIpc) is 3.27. The van der Waals surface area contributed by atoms with Crippen molar-refractivity contribution in [1.29, 1.82) is 0 Å². The molecule has 1 aliphatic rings. The maximum Gasteiger partial charge on any atom is 0.245 e. The van der Waals surface area contributed by atoms with Crippen molar-refractivity contribution in [3.8, 4) is 0 Å². The number of anilines is 1. The van der Waals surface area contributed by atoms with E-state index in [1.807, 2.05) is 30.3 Å². The van der Waals surface area contributed by atoms with E-state index in [4.69, 9.17) is 0 Å². The van der Waals surface area contributed by atoms with Gasteiger partial charge < -0.3 is 10.2 Å². The zero-order valence-corrected chi connectivity index (χ0v) is 19.4. The molecule has 0 bridgehead atoms. The molecule has 2 atom stereocenters. The van der Waals surface area contributed by atoms with Crippen LogP contribution in [0, 0.1) is 13.8 Å². The van der Waals surface area contributed by atoms with Gasteiger partial charge in [0.25, 0.3) is 0 Å². The number of piperidine rings is 1. The van der Waals surface area contributed by atoms with E-state index < -0.39 is 6.04 Å². The van der Waals surface area contributed by atoms with Crippen LogP contribution in [0.3, 0.4) is 0 Å². The van der Waals surface area contributed by atoms with Gasteiger partial charge in [-0.3, -0.25) is 4.79 Å². The van der Waals surface area contributed by atoms with Gasteiger partial charge in [0, 0.05) is 35.7 Å². The molecule has 1 aliphatic heterocycles. The number of aryl methyl sites for hydroxylation is 2. The summed E-state index contributed by atoms with van der Waals surface area (Å²) in [7, 11) is 0. The molecule has 1 N–H and O–H groups in total. The van der Waals surface area contributed by atoms with Gasteiger partial charge in [-0.1, -0.05) is 46.3 Å². The van der Waals surface area contributed by atoms with E-state index in [0.717, 1.165) is 36.0 Å². The summed E-state index contributed by atoms with van der Waals surface area (Å²) < 4.78 is 2.64. The second-order valence-electron chi connectivity index (χ2n) is 8.18. The largest absolute Gasteiger partial charge is 0.369 e. The smallest absolute Gasteiger partial charge is 0.245 e. The van der Waals surface area contributed by atoms with Crippen LogP contribution in [-0.2, 0) is 11.2 Å². The number of nitrogens with zero attached hydrogens (tertiary/aromatic N) is 5. The molecule has 0 saturated carbocycles. The van der Waals surface area contributed by atoms with Gasteiger partial charge in [0.2, 0.25) is 5.91 Å². The Hall–Kier alpha value is -2.74. The Bertz CT molecular complexity index is 1000. The van der Waals surface area contributed by atoms with Gasteiger partial charge in [-0.05, 0) is 65.9 Å². The standard InChI is InChI=1S/C23H27BrN6O/c1-16-11-19(24)12-17(2)22(16)29-10-6-9-20(14-29)26-23(31)21(30-15-25-27-28-30)13-18-7-4-3-5-8-18/h3-5,7-8,11-12,15,20-21H,6,9-10,13-14H2,1-2H3,(H,26,31). The summed E-state index contributed by atoms with van der Waals surface area (Å²) >= 11 is 3.58. The van der Waals surface area contributed by atoms with E-state index in [9.17, 15) is 4.79 Å². The fraction of sp³-hybridized carbons (Fsp3) is 0.391. The molecule has 3 aromatic rings. The molecule has 0 aliphatic carbocycles. The highest BCUT2D eigenvalue weighted by atomic mass is 79.9. The number of hydrogen-bond donors (Lipinski definition) is 1. The van der Waals surface area contributed by atoms with Crippen molar-refractivity contribution in [1.82, 2.24) is 25.5 Å². The van der Waals surface area contributed by atoms with Crippen LogP contribution in [0.1, 0.15) is 35.6 Å². The summed E-state index contributed by atoms with van der Waals surface area (Å²) in [5.74, 6) is -0.0488. The molecular weight excluding hydrogens is 456 g/mol. The van der Waals surface area contributed by atoms with Crippen molar-refractivity contribution in [3.63, 3.8) is 0 Å². The van der Waals surface area contributed by atoms with E-state index >= 15 is 0 Å². The molecule has 4 rings (SSSR count). The van der Waals surface area contributed by atoms with E-state index in [1.54, 1.807) is 4.68 Å². The van der Waals surface area contributed by atoms with Crippen molar-refractivity contribution >= 4 is 27.5 Å². The highest BCUT2D eigenvalue weighted by Gasteiger charge is 2.28. The molecule has 7 nitrogen and oxygen atoms in total. The Balaban J connectivity index is 1.48. The van der Waals surface area contributed by atoms with E-state index in [1.165, 1.54) is 23.1 Å². The molecule has 1 aromatic heterocycles. The summed E-state index contributed by atoms with van der Waals surface area (Å²) in [5, 5.41) is 14.7. The van der Waals surface area contributed by atoms with Gasteiger partial charge in [-0.15, -0.1) is 5.10 Å². The van der Waals surface area contributed by atoms with Gasteiger partial charge in [0.05, 0.1) is 0 Å². The van der Waals surface area contributed by atoms with Crippen LogP contribution in [0.25, 0.3) is 0 Å². The third-order valence-corrected chi connectivity index (χ3v) is 6.26. The first-order chi connectivity index (χ1) is 15.0. The first-order valence-corrected chi connectivity index (χ1v) is 11.4. The molecule has 2 unspecified atom stereocenters. The molecule has 1 saturated heterocycles. The van der Waals surface area contributed by atoms with Gasteiger partial charge in [-0.2, -0.15) is 0 Å². The summed E-state index contributed by atoms with van der Waals surface area (Å²) in [6.07, 6.45) is 4.05. The molecule has 2 heterocycles. The molecule has 162 valence electrons. The number of carbonyl (C=O) groups is 1.